The van der Waals surface area contributed by atoms with Crippen LogP contribution in [-0.4, -0.2) is 28.4 Å². The molecule has 124 valence electrons. The van der Waals surface area contributed by atoms with Crippen molar-refractivity contribution in [1.82, 2.24) is 0 Å². The van der Waals surface area contributed by atoms with Crippen LogP contribution >= 0.6 is 0 Å². The molecule has 0 fully saturated rings. The van der Waals surface area contributed by atoms with Crippen LogP contribution in [0.1, 0.15) is 11.1 Å². The Labute approximate surface area is 137 Å². The fourth-order valence-electron chi connectivity index (χ4n) is 2.42. The van der Waals surface area contributed by atoms with E-state index in [1.807, 2.05) is 24.3 Å². The fraction of sp³-hybridized carbons (Fsp3) is 0.333. The molecule has 0 radical (unpaired) electrons. The quantitative estimate of drug-likeness (QED) is 0.809. The van der Waals surface area contributed by atoms with Crippen molar-refractivity contribution in [3.05, 3.63) is 47.5 Å². The van der Waals surface area contributed by atoms with Crippen LogP contribution in [0.5, 0.6) is 23.0 Å². The van der Waals surface area contributed by atoms with E-state index < -0.39 is 0 Å². The molecule has 0 unspecified atom stereocenters. The summed E-state index contributed by atoms with van der Waals surface area (Å²) in [5.74, 6) is 2.85. The summed E-state index contributed by atoms with van der Waals surface area (Å²) in [5.41, 5.74) is 2.37. The molecule has 2 N–H and O–H groups in total. The average molecular weight is 318 g/mol. The lowest BCUT2D eigenvalue weighted by molar-refractivity contribution is -0.686. The molecule has 0 bridgehead atoms. The molecule has 2 aromatic carbocycles. The van der Waals surface area contributed by atoms with Crippen molar-refractivity contribution in [3.8, 4) is 23.0 Å². The van der Waals surface area contributed by atoms with E-state index in [4.69, 9.17) is 18.9 Å². The topological polar surface area (TPSA) is 53.5 Å². The maximum atomic E-state index is 5.38. The Balaban J connectivity index is 2.02. The molecule has 0 aliphatic heterocycles. The first-order chi connectivity index (χ1) is 11.2. The molecule has 5 nitrogen and oxygen atoms in total. The lowest BCUT2D eigenvalue weighted by Gasteiger charge is -2.13. The highest BCUT2D eigenvalue weighted by molar-refractivity contribution is 5.53. The van der Waals surface area contributed by atoms with Gasteiger partial charge in [-0.15, -0.1) is 0 Å². The SMILES string of the molecule is COc1ccc(C[NH2+]Cc2cc(OC)c(OC)c(OC)c2)cc1. The number of ether oxygens (including phenoxy) is 4. The van der Waals surface area contributed by atoms with Crippen LogP contribution in [-0.2, 0) is 13.1 Å². The third kappa shape index (κ3) is 4.29. The molecule has 0 aliphatic rings. The highest BCUT2D eigenvalue weighted by atomic mass is 16.5. The van der Waals surface area contributed by atoms with Gasteiger partial charge in [-0.3, -0.25) is 0 Å². The van der Waals surface area contributed by atoms with Crippen LogP contribution in [0.2, 0.25) is 0 Å². The molecule has 0 atom stereocenters. The molecule has 2 rings (SSSR count). The largest absolute Gasteiger partial charge is 0.497 e. The predicted octanol–water partition coefficient (Wildman–Crippen LogP) is 1.98. The highest BCUT2D eigenvalue weighted by Gasteiger charge is 2.13. The summed E-state index contributed by atoms with van der Waals surface area (Å²) in [6, 6.07) is 12.1. The van der Waals surface area contributed by atoms with Gasteiger partial charge in [0.2, 0.25) is 5.75 Å². The average Bonchev–Trinajstić information content (AvgIpc) is 2.61. The van der Waals surface area contributed by atoms with E-state index in [0.29, 0.717) is 17.2 Å². The van der Waals surface area contributed by atoms with E-state index >= 15 is 0 Å². The fourth-order valence-corrected chi connectivity index (χ4v) is 2.42. The van der Waals surface area contributed by atoms with Crippen molar-refractivity contribution >= 4 is 0 Å². The molecule has 0 aromatic heterocycles. The number of methoxy groups -OCH3 is 4. The standard InChI is InChI=1S/C18H23NO4/c1-20-15-7-5-13(6-8-15)11-19-12-14-9-16(21-2)18(23-4)17(10-14)22-3/h5-10,19H,11-12H2,1-4H3/p+1. The van der Waals surface area contributed by atoms with E-state index in [9.17, 15) is 0 Å². The lowest BCUT2D eigenvalue weighted by Crippen LogP contribution is -2.80. The second kappa shape index (κ2) is 8.29. The maximum Gasteiger partial charge on any atom is 0.203 e. The molecule has 5 heteroatoms. The van der Waals surface area contributed by atoms with E-state index in [1.54, 1.807) is 28.4 Å². The van der Waals surface area contributed by atoms with Crippen molar-refractivity contribution in [3.63, 3.8) is 0 Å². The second-order valence-electron chi connectivity index (χ2n) is 5.08. The Morgan fingerprint density at radius 2 is 1.26 bits per heavy atom. The number of benzene rings is 2. The molecule has 2 aromatic rings. The van der Waals surface area contributed by atoms with E-state index in [-0.39, 0.29) is 0 Å². The molecule has 23 heavy (non-hydrogen) atoms. The number of hydrogen-bond donors (Lipinski definition) is 1. The van der Waals surface area contributed by atoms with Crippen LogP contribution in [0.4, 0.5) is 0 Å². The third-order valence-electron chi connectivity index (χ3n) is 3.64. The van der Waals surface area contributed by atoms with Gasteiger partial charge in [0.25, 0.3) is 0 Å². The zero-order chi connectivity index (χ0) is 16.7. The lowest BCUT2D eigenvalue weighted by atomic mass is 10.1. The summed E-state index contributed by atoms with van der Waals surface area (Å²) in [6.45, 7) is 1.71. The zero-order valence-corrected chi connectivity index (χ0v) is 14.1. The van der Waals surface area contributed by atoms with Crippen molar-refractivity contribution in [2.45, 2.75) is 13.1 Å². The normalized spacial score (nSPS) is 10.3. The van der Waals surface area contributed by atoms with Gasteiger partial charge in [-0.1, -0.05) is 0 Å². The van der Waals surface area contributed by atoms with E-state index in [0.717, 1.165) is 24.4 Å². The zero-order valence-electron chi connectivity index (χ0n) is 14.1. The van der Waals surface area contributed by atoms with Crippen molar-refractivity contribution < 1.29 is 24.3 Å². The molecule has 0 aliphatic carbocycles. The van der Waals surface area contributed by atoms with Crippen LogP contribution in [0.15, 0.2) is 36.4 Å². The van der Waals surface area contributed by atoms with Crippen LogP contribution in [0, 0.1) is 0 Å². The highest BCUT2D eigenvalue weighted by Crippen LogP contribution is 2.37. The summed E-state index contributed by atoms with van der Waals surface area (Å²) in [7, 11) is 6.53. The molecule has 0 amide bonds. The van der Waals surface area contributed by atoms with Gasteiger partial charge in [-0.2, -0.15) is 0 Å². The maximum absolute atomic E-state index is 5.38. The van der Waals surface area contributed by atoms with E-state index in [1.165, 1.54) is 5.56 Å². The molecule has 0 saturated carbocycles. The molecule has 0 saturated heterocycles. The Kier molecular flexibility index (Phi) is 6.11. The Morgan fingerprint density at radius 1 is 0.696 bits per heavy atom. The van der Waals surface area contributed by atoms with Gasteiger partial charge < -0.3 is 24.3 Å². The molecular weight excluding hydrogens is 294 g/mol. The smallest absolute Gasteiger partial charge is 0.203 e. The van der Waals surface area contributed by atoms with Gasteiger partial charge in [0, 0.05) is 11.1 Å². The predicted molar refractivity (Wildman–Crippen MR) is 88.4 cm³/mol. The van der Waals surface area contributed by atoms with Gasteiger partial charge in [0.05, 0.1) is 28.4 Å². The van der Waals surface area contributed by atoms with Crippen LogP contribution in [0.3, 0.4) is 0 Å². The molecule has 0 spiro atoms. The van der Waals surface area contributed by atoms with Crippen molar-refractivity contribution in [2.75, 3.05) is 28.4 Å². The first-order valence-electron chi connectivity index (χ1n) is 7.45. The van der Waals surface area contributed by atoms with Crippen molar-refractivity contribution in [2.24, 2.45) is 0 Å². The minimum absolute atomic E-state index is 0.619. The summed E-state index contributed by atoms with van der Waals surface area (Å²) < 4.78 is 21.3. The first-order valence-corrected chi connectivity index (χ1v) is 7.45. The summed E-state index contributed by atoms with van der Waals surface area (Å²) in [4.78, 5) is 0. The Hall–Kier alpha value is -2.40. The van der Waals surface area contributed by atoms with Crippen LogP contribution < -0.4 is 24.3 Å². The third-order valence-corrected chi connectivity index (χ3v) is 3.64. The Morgan fingerprint density at radius 3 is 1.74 bits per heavy atom. The monoisotopic (exact) mass is 318 g/mol. The summed E-state index contributed by atoms with van der Waals surface area (Å²) in [5, 5.41) is 2.22. The van der Waals surface area contributed by atoms with Crippen LogP contribution in [0.25, 0.3) is 0 Å². The summed E-state index contributed by atoms with van der Waals surface area (Å²) >= 11 is 0. The second-order valence-corrected chi connectivity index (χ2v) is 5.08. The number of hydrogen-bond acceptors (Lipinski definition) is 4. The van der Waals surface area contributed by atoms with E-state index in [2.05, 4.69) is 17.4 Å². The summed E-state index contributed by atoms with van der Waals surface area (Å²) in [6.07, 6.45) is 0. The van der Waals surface area contributed by atoms with Gasteiger partial charge >= 0.3 is 0 Å². The van der Waals surface area contributed by atoms with Gasteiger partial charge in [-0.25, -0.2) is 0 Å². The Bertz CT molecular complexity index is 600. The minimum atomic E-state index is 0.619. The van der Waals surface area contributed by atoms with Gasteiger partial charge in [0.15, 0.2) is 11.5 Å². The molecule has 0 heterocycles. The number of rotatable bonds is 8. The van der Waals surface area contributed by atoms with Gasteiger partial charge in [-0.05, 0) is 36.4 Å². The number of quaternary nitrogens is 1. The molecular formula is C18H24NO4+. The number of nitrogens with two attached hydrogens (primary N) is 1. The van der Waals surface area contributed by atoms with Gasteiger partial charge in [0.1, 0.15) is 18.8 Å². The minimum Gasteiger partial charge on any atom is -0.497 e. The first kappa shape index (κ1) is 17.0. The van der Waals surface area contributed by atoms with Crippen molar-refractivity contribution in [1.29, 1.82) is 0 Å².